The molecule has 1 aromatic carbocycles. The van der Waals surface area contributed by atoms with Crippen molar-refractivity contribution in [3.63, 3.8) is 0 Å². The molecule has 18 heavy (non-hydrogen) atoms. The van der Waals surface area contributed by atoms with E-state index < -0.39 is 0 Å². The average molecular weight is 311 g/mol. The number of hydrogen-bond acceptors (Lipinski definition) is 2. The van der Waals surface area contributed by atoms with Crippen molar-refractivity contribution >= 4 is 33.6 Å². The van der Waals surface area contributed by atoms with Gasteiger partial charge >= 0.3 is 0 Å². The van der Waals surface area contributed by atoms with Gasteiger partial charge in [-0.1, -0.05) is 24.3 Å². The predicted molar refractivity (Wildman–Crippen MR) is 81.7 cm³/mol. The molecule has 2 aromatic rings. The molecule has 0 aliphatic carbocycles. The third kappa shape index (κ3) is 2.82. The van der Waals surface area contributed by atoms with Crippen molar-refractivity contribution in [1.29, 1.82) is 0 Å². The second-order valence-electron chi connectivity index (χ2n) is 4.40. The first kappa shape index (κ1) is 14.9. The lowest BCUT2D eigenvalue weighted by atomic mass is 10.1. The van der Waals surface area contributed by atoms with Gasteiger partial charge in [0.15, 0.2) is 0 Å². The lowest BCUT2D eigenvalue weighted by Crippen LogP contribution is -2.30. The number of piperidine rings is 1. The van der Waals surface area contributed by atoms with Crippen molar-refractivity contribution in [2.24, 2.45) is 0 Å². The normalized spacial score (nSPS) is 14.8. The number of pyridine rings is 1. The number of aromatic nitrogens is 1. The van der Waals surface area contributed by atoms with Crippen LogP contribution in [0.5, 0.6) is 0 Å². The van der Waals surface area contributed by atoms with Crippen LogP contribution in [0.4, 0.5) is 5.82 Å². The van der Waals surface area contributed by atoms with Crippen LogP contribution in [0, 0.1) is 0 Å². The van der Waals surface area contributed by atoms with Crippen LogP contribution >= 0.6 is 17.0 Å². The molecule has 0 spiro atoms. The minimum Gasteiger partial charge on any atom is -0.412 e. The molecule has 0 unspecified atom stereocenters. The van der Waals surface area contributed by atoms with Crippen LogP contribution in [0.25, 0.3) is 10.8 Å². The molecule has 1 aromatic heterocycles. The zero-order chi connectivity index (χ0) is 10.8. The Morgan fingerprint density at radius 2 is 1.67 bits per heavy atom. The number of fused-ring (bicyclic) bond motifs is 1. The number of halogens is 1. The van der Waals surface area contributed by atoms with E-state index in [1.165, 1.54) is 30.0 Å². The summed E-state index contributed by atoms with van der Waals surface area (Å²) in [5.41, 5.74) is 0. The second-order valence-corrected chi connectivity index (χ2v) is 4.40. The Balaban J connectivity index is 0.000000810. The summed E-state index contributed by atoms with van der Waals surface area (Å²) < 4.78 is 0. The van der Waals surface area contributed by atoms with Gasteiger partial charge in [0.1, 0.15) is 5.82 Å². The Hall–Kier alpha value is -1.13. The van der Waals surface area contributed by atoms with Crippen molar-refractivity contribution in [2.45, 2.75) is 19.3 Å². The maximum atomic E-state index is 4.56. The van der Waals surface area contributed by atoms with Gasteiger partial charge in [-0.15, -0.1) is 17.0 Å². The van der Waals surface area contributed by atoms with Crippen LogP contribution in [0.3, 0.4) is 0 Å². The third-order valence-electron chi connectivity index (χ3n) is 3.31. The standard InChI is InChI=1S/C14H16N2.BrH.H2O/c1-4-10-16(11-5-1)14-13-7-3-2-6-12(13)8-9-15-14;;/h2-3,6-9H,1,4-5,10-11H2;1H;1H2. The molecule has 0 radical (unpaired) electrons. The molecule has 98 valence electrons. The van der Waals surface area contributed by atoms with Crippen molar-refractivity contribution in [3.05, 3.63) is 36.5 Å². The van der Waals surface area contributed by atoms with Gasteiger partial charge < -0.3 is 10.4 Å². The number of anilines is 1. The smallest absolute Gasteiger partial charge is 0.136 e. The fourth-order valence-electron chi connectivity index (χ4n) is 2.46. The van der Waals surface area contributed by atoms with E-state index in [-0.39, 0.29) is 22.5 Å². The summed E-state index contributed by atoms with van der Waals surface area (Å²) in [5, 5.41) is 2.57. The number of hydrogen-bond donors (Lipinski definition) is 0. The molecule has 2 heterocycles. The zero-order valence-corrected chi connectivity index (χ0v) is 12.0. The molecular weight excluding hydrogens is 292 g/mol. The van der Waals surface area contributed by atoms with E-state index in [0.717, 1.165) is 18.9 Å². The highest BCUT2D eigenvalue weighted by Crippen LogP contribution is 2.26. The van der Waals surface area contributed by atoms with E-state index in [1.807, 2.05) is 6.20 Å². The summed E-state index contributed by atoms with van der Waals surface area (Å²) in [5.74, 6) is 1.16. The largest absolute Gasteiger partial charge is 0.412 e. The summed E-state index contributed by atoms with van der Waals surface area (Å²) >= 11 is 0. The van der Waals surface area contributed by atoms with Crippen LogP contribution in [-0.4, -0.2) is 23.5 Å². The minimum atomic E-state index is 0. The molecule has 0 bridgehead atoms. The average Bonchev–Trinajstić information content (AvgIpc) is 2.39. The Labute approximate surface area is 118 Å². The van der Waals surface area contributed by atoms with Crippen LogP contribution < -0.4 is 4.90 Å². The Morgan fingerprint density at radius 1 is 0.944 bits per heavy atom. The second kappa shape index (κ2) is 6.71. The molecule has 0 amide bonds. The Kier molecular flexibility index (Phi) is 5.56. The lowest BCUT2D eigenvalue weighted by molar-refractivity contribution is 0.575. The van der Waals surface area contributed by atoms with Crippen molar-refractivity contribution < 1.29 is 5.48 Å². The van der Waals surface area contributed by atoms with Crippen LogP contribution in [0.1, 0.15) is 19.3 Å². The molecule has 3 nitrogen and oxygen atoms in total. The van der Waals surface area contributed by atoms with Gasteiger partial charge in [-0.3, -0.25) is 0 Å². The van der Waals surface area contributed by atoms with Crippen LogP contribution in [0.15, 0.2) is 36.5 Å². The van der Waals surface area contributed by atoms with Gasteiger partial charge in [-0.25, -0.2) is 4.98 Å². The predicted octanol–water partition coefficient (Wildman–Crippen LogP) is 2.98. The fraction of sp³-hybridized carbons (Fsp3) is 0.357. The molecular formula is C14H19BrN2O. The highest BCUT2D eigenvalue weighted by Gasteiger charge is 2.13. The molecule has 0 atom stereocenters. The monoisotopic (exact) mass is 310 g/mol. The quantitative estimate of drug-likeness (QED) is 0.813. The summed E-state index contributed by atoms with van der Waals surface area (Å²) in [6.45, 7) is 2.31. The van der Waals surface area contributed by atoms with Gasteiger partial charge in [-0.05, 0) is 30.7 Å². The van der Waals surface area contributed by atoms with E-state index in [4.69, 9.17) is 0 Å². The van der Waals surface area contributed by atoms with Crippen LogP contribution in [-0.2, 0) is 0 Å². The lowest BCUT2D eigenvalue weighted by Gasteiger charge is -2.28. The number of nitrogens with zero attached hydrogens (tertiary/aromatic N) is 2. The van der Waals surface area contributed by atoms with Gasteiger partial charge in [0, 0.05) is 24.7 Å². The summed E-state index contributed by atoms with van der Waals surface area (Å²) in [6.07, 6.45) is 5.88. The van der Waals surface area contributed by atoms with Gasteiger partial charge in [-0.2, -0.15) is 0 Å². The zero-order valence-electron chi connectivity index (χ0n) is 10.3. The maximum absolute atomic E-state index is 4.56. The van der Waals surface area contributed by atoms with Crippen molar-refractivity contribution in [3.8, 4) is 0 Å². The highest BCUT2D eigenvalue weighted by molar-refractivity contribution is 8.93. The summed E-state index contributed by atoms with van der Waals surface area (Å²) in [7, 11) is 0. The van der Waals surface area contributed by atoms with Crippen molar-refractivity contribution in [2.75, 3.05) is 18.0 Å². The summed E-state index contributed by atoms with van der Waals surface area (Å²) in [4.78, 5) is 6.98. The van der Waals surface area contributed by atoms with Gasteiger partial charge in [0.25, 0.3) is 0 Å². The Bertz CT molecular complexity index is 493. The number of rotatable bonds is 1. The summed E-state index contributed by atoms with van der Waals surface area (Å²) in [6, 6.07) is 10.6. The highest BCUT2D eigenvalue weighted by atomic mass is 79.9. The van der Waals surface area contributed by atoms with Gasteiger partial charge in [0.05, 0.1) is 0 Å². The first-order valence-electron chi connectivity index (χ1n) is 6.04. The van der Waals surface area contributed by atoms with E-state index in [2.05, 4.69) is 40.2 Å². The molecule has 3 rings (SSSR count). The van der Waals surface area contributed by atoms with E-state index >= 15 is 0 Å². The molecule has 1 fully saturated rings. The van der Waals surface area contributed by atoms with E-state index in [1.54, 1.807) is 0 Å². The van der Waals surface area contributed by atoms with Crippen LogP contribution in [0.2, 0.25) is 0 Å². The molecule has 1 saturated heterocycles. The topological polar surface area (TPSA) is 47.6 Å². The minimum absolute atomic E-state index is 0. The Morgan fingerprint density at radius 3 is 2.44 bits per heavy atom. The SMILES string of the molecule is Br.O.c1ccc2c(N3CCCCC3)nccc2c1. The van der Waals surface area contributed by atoms with Gasteiger partial charge in [0.2, 0.25) is 0 Å². The fourth-order valence-corrected chi connectivity index (χ4v) is 2.46. The first-order chi connectivity index (χ1) is 7.95. The van der Waals surface area contributed by atoms with E-state index in [9.17, 15) is 0 Å². The molecule has 0 saturated carbocycles. The molecule has 4 heteroatoms. The molecule has 1 aliphatic rings. The first-order valence-corrected chi connectivity index (χ1v) is 6.04. The molecule has 1 aliphatic heterocycles. The maximum Gasteiger partial charge on any atom is 0.136 e. The van der Waals surface area contributed by atoms with Crippen molar-refractivity contribution in [1.82, 2.24) is 4.98 Å². The van der Waals surface area contributed by atoms with E-state index in [0.29, 0.717) is 0 Å². The third-order valence-corrected chi connectivity index (χ3v) is 3.31. The molecule has 2 N–H and O–H groups in total. The number of benzene rings is 1.